The second-order valence-corrected chi connectivity index (χ2v) is 4.75. The molecule has 0 bridgehead atoms. The van der Waals surface area contributed by atoms with E-state index in [2.05, 4.69) is 19.9 Å². The second-order valence-electron chi connectivity index (χ2n) is 4.75. The van der Waals surface area contributed by atoms with E-state index in [-0.39, 0.29) is 6.04 Å². The quantitative estimate of drug-likeness (QED) is 0.788. The van der Waals surface area contributed by atoms with Crippen LogP contribution in [0.4, 0.5) is 0 Å². The first-order chi connectivity index (χ1) is 8.52. The van der Waals surface area contributed by atoms with Crippen LogP contribution in [0.3, 0.4) is 0 Å². The predicted molar refractivity (Wildman–Crippen MR) is 75.3 cm³/mol. The third-order valence-electron chi connectivity index (χ3n) is 2.54. The Morgan fingerprint density at radius 1 is 1.39 bits per heavy atom. The summed E-state index contributed by atoms with van der Waals surface area (Å²) in [5.41, 5.74) is 8.19. The highest BCUT2D eigenvalue weighted by atomic mass is 16.5. The molecule has 1 unspecified atom stereocenters. The lowest BCUT2D eigenvalue weighted by Crippen LogP contribution is -2.18. The van der Waals surface area contributed by atoms with E-state index in [1.54, 1.807) is 7.11 Å². The molecule has 18 heavy (non-hydrogen) atoms. The van der Waals surface area contributed by atoms with Crippen LogP contribution in [0.25, 0.3) is 0 Å². The van der Waals surface area contributed by atoms with Crippen molar-refractivity contribution in [2.45, 2.75) is 33.2 Å². The maximum atomic E-state index is 5.85. The fourth-order valence-electron chi connectivity index (χ4n) is 1.63. The molecule has 0 aliphatic carbocycles. The van der Waals surface area contributed by atoms with Crippen LogP contribution >= 0.6 is 0 Å². The number of rotatable bonds is 6. The van der Waals surface area contributed by atoms with E-state index < -0.39 is 0 Å². The van der Waals surface area contributed by atoms with Gasteiger partial charge in [-0.3, -0.25) is 0 Å². The van der Waals surface area contributed by atoms with E-state index in [0.29, 0.717) is 6.61 Å². The molecule has 0 aromatic heterocycles. The summed E-state index contributed by atoms with van der Waals surface area (Å²) in [6, 6.07) is 5.93. The van der Waals surface area contributed by atoms with Crippen molar-refractivity contribution in [3.8, 4) is 11.5 Å². The highest BCUT2D eigenvalue weighted by Gasteiger charge is 2.07. The van der Waals surface area contributed by atoms with Gasteiger partial charge in [0.15, 0.2) is 0 Å². The first kappa shape index (κ1) is 14.6. The van der Waals surface area contributed by atoms with Crippen LogP contribution in [0.5, 0.6) is 11.5 Å². The average molecular weight is 249 g/mol. The van der Waals surface area contributed by atoms with E-state index in [9.17, 15) is 0 Å². The smallest absolute Gasteiger partial charge is 0.123 e. The molecule has 0 saturated heterocycles. The maximum Gasteiger partial charge on any atom is 0.123 e. The van der Waals surface area contributed by atoms with Gasteiger partial charge in [-0.2, -0.15) is 0 Å². The Morgan fingerprint density at radius 3 is 2.67 bits per heavy atom. The van der Waals surface area contributed by atoms with Gasteiger partial charge in [-0.05, 0) is 57.0 Å². The second kappa shape index (κ2) is 7.07. The van der Waals surface area contributed by atoms with Crippen LogP contribution in [0.1, 0.15) is 26.3 Å². The van der Waals surface area contributed by atoms with Crippen LogP contribution in [-0.2, 0) is 6.42 Å². The summed E-state index contributed by atoms with van der Waals surface area (Å²) >= 11 is 0. The Labute approximate surface area is 110 Å². The van der Waals surface area contributed by atoms with Crippen molar-refractivity contribution < 1.29 is 9.47 Å². The van der Waals surface area contributed by atoms with Crippen LogP contribution < -0.4 is 15.2 Å². The summed E-state index contributed by atoms with van der Waals surface area (Å²) in [6.07, 6.45) is 2.83. The molecule has 0 heterocycles. The molecule has 0 fully saturated rings. The average Bonchev–Trinajstić information content (AvgIpc) is 2.29. The minimum Gasteiger partial charge on any atom is -0.497 e. The van der Waals surface area contributed by atoms with Gasteiger partial charge in [0.25, 0.3) is 0 Å². The number of ether oxygens (including phenoxy) is 2. The van der Waals surface area contributed by atoms with Gasteiger partial charge < -0.3 is 15.2 Å². The molecule has 3 nitrogen and oxygen atoms in total. The van der Waals surface area contributed by atoms with E-state index in [4.69, 9.17) is 15.2 Å². The van der Waals surface area contributed by atoms with Crippen molar-refractivity contribution >= 4 is 0 Å². The molecule has 100 valence electrons. The summed E-state index contributed by atoms with van der Waals surface area (Å²) < 4.78 is 11.0. The molecule has 0 radical (unpaired) electrons. The predicted octanol–water partition coefficient (Wildman–Crippen LogP) is 2.93. The minimum atomic E-state index is 0.0999. The van der Waals surface area contributed by atoms with Crippen molar-refractivity contribution in [2.24, 2.45) is 5.73 Å². The number of hydrogen-bond donors (Lipinski definition) is 1. The number of methoxy groups -OCH3 is 1. The first-order valence-corrected chi connectivity index (χ1v) is 6.21. The first-order valence-electron chi connectivity index (χ1n) is 6.21. The molecule has 2 N–H and O–H groups in total. The third-order valence-corrected chi connectivity index (χ3v) is 2.54. The Hall–Kier alpha value is -1.48. The molecular formula is C15H23NO2. The van der Waals surface area contributed by atoms with Crippen molar-refractivity contribution in [3.05, 3.63) is 35.4 Å². The number of allylic oxidation sites excluding steroid dienone is 1. The Kier molecular flexibility index (Phi) is 5.72. The number of hydrogen-bond acceptors (Lipinski definition) is 3. The van der Waals surface area contributed by atoms with Gasteiger partial charge in [0.2, 0.25) is 0 Å². The number of benzene rings is 1. The van der Waals surface area contributed by atoms with Crippen LogP contribution in [-0.4, -0.2) is 19.8 Å². The topological polar surface area (TPSA) is 44.5 Å². The highest BCUT2D eigenvalue weighted by molar-refractivity contribution is 5.40. The molecule has 0 saturated carbocycles. The highest BCUT2D eigenvalue weighted by Crippen LogP contribution is 2.25. The maximum absolute atomic E-state index is 5.85. The Morgan fingerprint density at radius 2 is 2.11 bits per heavy atom. The molecule has 0 spiro atoms. The lowest BCUT2D eigenvalue weighted by atomic mass is 10.1. The molecule has 3 heteroatoms. The largest absolute Gasteiger partial charge is 0.497 e. The van der Waals surface area contributed by atoms with E-state index in [0.717, 1.165) is 23.5 Å². The Balaban J connectivity index is 2.84. The van der Waals surface area contributed by atoms with Crippen LogP contribution in [0.2, 0.25) is 0 Å². The van der Waals surface area contributed by atoms with Gasteiger partial charge in [-0.25, -0.2) is 0 Å². The monoisotopic (exact) mass is 249 g/mol. The fourth-order valence-corrected chi connectivity index (χ4v) is 1.63. The summed E-state index contributed by atoms with van der Waals surface area (Å²) in [5.74, 6) is 1.71. The summed E-state index contributed by atoms with van der Waals surface area (Å²) in [4.78, 5) is 0. The fraction of sp³-hybridized carbons (Fsp3) is 0.467. The van der Waals surface area contributed by atoms with E-state index in [1.807, 2.05) is 25.1 Å². The van der Waals surface area contributed by atoms with Gasteiger partial charge in [0, 0.05) is 6.04 Å². The molecule has 0 aliphatic rings. The van der Waals surface area contributed by atoms with Crippen molar-refractivity contribution in [2.75, 3.05) is 13.7 Å². The standard InChI is InChI=1S/C15H23NO2/c1-11(2)7-8-18-15-6-5-14(17-4)10-13(15)9-12(3)16/h5-7,10,12H,8-9,16H2,1-4H3. The molecular weight excluding hydrogens is 226 g/mol. The normalized spacial score (nSPS) is 11.8. The molecule has 1 rings (SSSR count). The van der Waals surface area contributed by atoms with Gasteiger partial charge in [0.1, 0.15) is 18.1 Å². The van der Waals surface area contributed by atoms with Gasteiger partial charge in [-0.1, -0.05) is 5.57 Å². The van der Waals surface area contributed by atoms with Crippen LogP contribution in [0.15, 0.2) is 29.8 Å². The summed E-state index contributed by atoms with van der Waals surface area (Å²) in [7, 11) is 1.66. The molecule has 0 aliphatic heterocycles. The molecule has 1 aromatic carbocycles. The molecule has 1 atom stereocenters. The summed E-state index contributed by atoms with van der Waals surface area (Å²) in [5, 5.41) is 0. The zero-order valence-electron chi connectivity index (χ0n) is 11.7. The lowest BCUT2D eigenvalue weighted by Gasteiger charge is -2.13. The minimum absolute atomic E-state index is 0.0999. The molecule has 0 amide bonds. The van der Waals surface area contributed by atoms with Gasteiger partial charge in [0.05, 0.1) is 7.11 Å². The summed E-state index contributed by atoms with van der Waals surface area (Å²) in [6.45, 7) is 6.68. The van der Waals surface area contributed by atoms with Crippen molar-refractivity contribution in [1.29, 1.82) is 0 Å². The van der Waals surface area contributed by atoms with Gasteiger partial charge in [-0.15, -0.1) is 0 Å². The third kappa shape index (κ3) is 4.80. The van der Waals surface area contributed by atoms with Crippen molar-refractivity contribution in [3.63, 3.8) is 0 Å². The van der Waals surface area contributed by atoms with E-state index in [1.165, 1.54) is 5.57 Å². The van der Waals surface area contributed by atoms with Gasteiger partial charge >= 0.3 is 0 Å². The number of nitrogens with two attached hydrogens (primary N) is 1. The lowest BCUT2D eigenvalue weighted by molar-refractivity contribution is 0.354. The Bertz CT molecular complexity index is 407. The van der Waals surface area contributed by atoms with Crippen molar-refractivity contribution in [1.82, 2.24) is 0 Å². The van der Waals surface area contributed by atoms with Crippen LogP contribution in [0, 0.1) is 0 Å². The SMILES string of the molecule is COc1ccc(OCC=C(C)C)c(CC(C)N)c1. The zero-order valence-corrected chi connectivity index (χ0v) is 11.7. The zero-order chi connectivity index (χ0) is 13.5. The van der Waals surface area contributed by atoms with E-state index >= 15 is 0 Å². The molecule has 1 aromatic rings.